The summed E-state index contributed by atoms with van der Waals surface area (Å²) in [6, 6.07) is 13.8. The van der Waals surface area contributed by atoms with E-state index in [0.717, 1.165) is 0 Å². The lowest BCUT2D eigenvalue weighted by Crippen LogP contribution is -2.38. The number of aliphatic imine (C=N–C) groups is 1. The normalized spacial score (nSPS) is 20.5. The molecule has 0 aliphatic heterocycles. The van der Waals surface area contributed by atoms with Crippen LogP contribution in [0.2, 0.25) is 5.02 Å². The number of benzene rings is 2. The van der Waals surface area contributed by atoms with Crippen molar-refractivity contribution in [2.24, 2.45) is 16.8 Å². The number of carbonyl (C=O) groups is 3. The molecule has 1 aliphatic carbocycles. The number of ketones is 2. The Labute approximate surface area is 174 Å². The molecule has 1 aliphatic rings. The van der Waals surface area contributed by atoms with E-state index in [4.69, 9.17) is 16.3 Å². The third kappa shape index (κ3) is 4.80. The zero-order valence-corrected chi connectivity index (χ0v) is 17.1. The first-order valence-corrected chi connectivity index (χ1v) is 9.93. The number of nitrogens with zero attached hydrogens (tertiary/aromatic N) is 1. The third-order valence-electron chi connectivity index (χ3n) is 4.91. The number of hydrogen-bond donors (Lipinski definition) is 0. The molecule has 0 heterocycles. The van der Waals surface area contributed by atoms with Gasteiger partial charge in [-0.2, -0.15) is 0 Å². The van der Waals surface area contributed by atoms with Gasteiger partial charge in [-0.1, -0.05) is 48.9 Å². The average Bonchev–Trinajstić information content (AvgIpc) is 2.69. The summed E-state index contributed by atoms with van der Waals surface area (Å²) in [6.45, 7) is 3.80. The lowest BCUT2D eigenvalue weighted by atomic mass is 9.78. The van der Waals surface area contributed by atoms with Crippen LogP contribution < -0.4 is 0 Å². The molecule has 0 bridgehead atoms. The van der Waals surface area contributed by atoms with Gasteiger partial charge in [-0.3, -0.25) is 19.4 Å². The summed E-state index contributed by atoms with van der Waals surface area (Å²) >= 11 is 6.11. The number of carbonyl (C=O) groups excluding carboxylic acids is 3. The lowest BCUT2D eigenvalue weighted by molar-refractivity contribution is -0.153. The molecule has 2 aromatic carbocycles. The highest BCUT2D eigenvalue weighted by atomic mass is 35.5. The van der Waals surface area contributed by atoms with Gasteiger partial charge in [-0.15, -0.1) is 0 Å². The van der Waals surface area contributed by atoms with Crippen LogP contribution in [-0.2, 0) is 14.3 Å². The van der Waals surface area contributed by atoms with Crippen LogP contribution in [0, 0.1) is 11.8 Å². The SMILES string of the molecule is CCOC(=O)C1C(=O)CC(=Nc2ccc(Cl)cc2C(=O)c2ccccc2)CC1C. The van der Waals surface area contributed by atoms with Crippen LogP contribution in [0.5, 0.6) is 0 Å². The van der Waals surface area contributed by atoms with Crippen LogP contribution in [0.15, 0.2) is 53.5 Å². The maximum Gasteiger partial charge on any atom is 0.316 e. The Kier molecular flexibility index (Phi) is 6.60. The van der Waals surface area contributed by atoms with Crippen molar-refractivity contribution in [3.05, 3.63) is 64.7 Å². The highest BCUT2D eigenvalue weighted by molar-refractivity contribution is 6.31. The summed E-state index contributed by atoms with van der Waals surface area (Å²) in [5.41, 5.74) is 2.02. The maximum atomic E-state index is 12.9. The van der Waals surface area contributed by atoms with Gasteiger partial charge >= 0.3 is 5.97 Å². The van der Waals surface area contributed by atoms with Crippen molar-refractivity contribution in [2.75, 3.05) is 6.61 Å². The summed E-state index contributed by atoms with van der Waals surface area (Å²) in [7, 11) is 0. The van der Waals surface area contributed by atoms with Gasteiger partial charge in [0.2, 0.25) is 0 Å². The Balaban J connectivity index is 1.91. The highest BCUT2D eigenvalue weighted by Crippen LogP contribution is 2.31. The van der Waals surface area contributed by atoms with E-state index in [1.54, 1.807) is 49.4 Å². The molecule has 0 radical (unpaired) electrons. The Morgan fingerprint density at radius 3 is 2.55 bits per heavy atom. The van der Waals surface area contributed by atoms with Crippen LogP contribution in [-0.4, -0.2) is 29.9 Å². The monoisotopic (exact) mass is 411 g/mol. The van der Waals surface area contributed by atoms with Gasteiger partial charge in [0.15, 0.2) is 11.6 Å². The lowest BCUT2D eigenvalue weighted by Gasteiger charge is -2.27. The van der Waals surface area contributed by atoms with Crippen molar-refractivity contribution in [1.29, 1.82) is 0 Å². The first-order chi connectivity index (χ1) is 13.9. The fourth-order valence-electron chi connectivity index (χ4n) is 3.57. The maximum absolute atomic E-state index is 12.9. The first-order valence-electron chi connectivity index (χ1n) is 9.55. The Bertz CT molecular complexity index is 968. The zero-order valence-electron chi connectivity index (χ0n) is 16.4. The Morgan fingerprint density at radius 2 is 1.90 bits per heavy atom. The van der Waals surface area contributed by atoms with Crippen LogP contribution in [0.1, 0.15) is 42.6 Å². The van der Waals surface area contributed by atoms with E-state index in [1.165, 1.54) is 0 Å². The molecule has 0 aromatic heterocycles. The first kappa shape index (κ1) is 20.9. The van der Waals surface area contributed by atoms with Gasteiger partial charge in [0.25, 0.3) is 0 Å². The van der Waals surface area contributed by atoms with Gasteiger partial charge in [0.1, 0.15) is 5.92 Å². The summed E-state index contributed by atoms with van der Waals surface area (Å²) < 4.78 is 5.03. The molecule has 5 nitrogen and oxygen atoms in total. The minimum Gasteiger partial charge on any atom is -0.465 e. The summed E-state index contributed by atoms with van der Waals surface area (Å²) in [5.74, 6) is -1.84. The number of Topliss-reactive ketones (excluding diaryl/α,β-unsaturated/α-hetero) is 1. The largest absolute Gasteiger partial charge is 0.465 e. The number of rotatable bonds is 5. The molecule has 2 atom stereocenters. The second kappa shape index (κ2) is 9.14. The molecular weight excluding hydrogens is 390 g/mol. The van der Waals surface area contributed by atoms with Crippen LogP contribution >= 0.6 is 11.6 Å². The fraction of sp³-hybridized carbons (Fsp3) is 0.304. The van der Waals surface area contributed by atoms with Crippen molar-refractivity contribution in [3.63, 3.8) is 0 Å². The van der Waals surface area contributed by atoms with E-state index in [1.807, 2.05) is 13.0 Å². The average molecular weight is 412 g/mol. The van der Waals surface area contributed by atoms with Crippen molar-refractivity contribution in [3.8, 4) is 0 Å². The molecule has 0 amide bonds. The van der Waals surface area contributed by atoms with Crippen molar-refractivity contribution < 1.29 is 19.1 Å². The summed E-state index contributed by atoms with van der Waals surface area (Å²) in [5, 5.41) is 0.434. The van der Waals surface area contributed by atoms with Crippen LogP contribution in [0.25, 0.3) is 0 Å². The zero-order chi connectivity index (χ0) is 21.0. The standard InChI is InChI=1S/C23H22ClNO4/c1-3-29-23(28)21-14(2)11-17(13-20(21)26)25-19-10-9-16(24)12-18(19)22(27)15-7-5-4-6-8-15/h4-10,12,14,21H,3,11,13H2,1-2H3. The molecule has 29 heavy (non-hydrogen) atoms. The van der Waals surface area contributed by atoms with Crippen molar-refractivity contribution >= 4 is 40.5 Å². The van der Waals surface area contributed by atoms with E-state index in [2.05, 4.69) is 4.99 Å². The topological polar surface area (TPSA) is 72.8 Å². The van der Waals surface area contributed by atoms with Gasteiger partial charge in [0.05, 0.1) is 12.3 Å². The molecule has 3 rings (SSSR count). The molecule has 150 valence electrons. The smallest absolute Gasteiger partial charge is 0.316 e. The second-order valence-corrected chi connectivity index (χ2v) is 7.53. The van der Waals surface area contributed by atoms with Gasteiger partial charge < -0.3 is 4.74 Å². The Hall–Kier alpha value is -2.79. The molecule has 0 N–H and O–H groups in total. The summed E-state index contributed by atoms with van der Waals surface area (Å²) in [6.07, 6.45) is 0.548. The number of hydrogen-bond acceptors (Lipinski definition) is 5. The van der Waals surface area contributed by atoms with Crippen molar-refractivity contribution in [2.45, 2.75) is 26.7 Å². The molecule has 2 unspecified atom stereocenters. The van der Waals surface area contributed by atoms with Crippen molar-refractivity contribution in [1.82, 2.24) is 0 Å². The molecule has 0 saturated heterocycles. The van der Waals surface area contributed by atoms with E-state index in [-0.39, 0.29) is 30.5 Å². The molecule has 0 spiro atoms. The molecular formula is C23H22ClNO4. The predicted molar refractivity (Wildman–Crippen MR) is 112 cm³/mol. The molecule has 1 fully saturated rings. The molecule has 6 heteroatoms. The minimum atomic E-state index is -0.760. The minimum absolute atomic E-state index is 0.0649. The Morgan fingerprint density at radius 1 is 1.17 bits per heavy atom. The van der Waals surface area contributed by atoms with E-state index >= 15 is 0 Å². The van der Waals surface area contributed by atoms with Gasteiger partial charge in [-0.25, -0.2) is 0 Å². The molecule has 2 aromatic rings. The third-order valence-corrected chi connectivity index (χ3v) is 5.15. The van der Waals surface area contributed by atoms with Gasteiger partial charge in [-0.05, 0) is 37.5 Å². The number of ether oxygens (including phenoxy) is 1. The quantitative estimate of drug-likeness (QED) is 0.401. The second-order valence-electron chi connectivity index (χ2n) is 7.09. The molecule has 1 saturated carbocycles. The van der Waals surface area contributed by atoms with Gasteiger partial charge in [0, 0.05) is 28.3 Å². The number of halogens is 1. The van der Waals surface area contributed by atoms with Crippen LogP contribution in [0.4, 0.5) is 5.69 Å². The predicted octanol–water partition coefficient (Wildman–Crippen LogP) is 4.82. The highest BCUT2D eigenvalue weighted by Gasteiger charge is 2.38. The van der Waals surface area contributed by atoms with E-state index in [0.29, 0.717) is 34.0 Å². The summed E-state index contributed by atoms with van der Waals surface area (Å²) in [4.78, 5) is 42.2. The fourth-order valence-corrected chi connectivity index (χ4v) is 3.75. The van der Waals surface area contributed by atoms with E-state index < -0.39 is 11.9 Å². The van der Waals surface area contributed by atoms with Crippen LogP contribution in [0.3, 0.4) is 0 Å². The number of esters is 1. The van der Waals surface area contributed by atoms with E-state index in [9.17, 15) is 14.4 Å².